The van der Waals surface area contributed by atoms with Gasteiger partial charge in [0.05, 0.1) is 5.69 Å². The van der Waals surface area contributed by atoms with Crippen LogP contribution in [0, 0.1) is 13.8 Å². The lowest BCUT2D eigenvalue weighted by Crippen LogP contribution is -2.51. The Morgan fingerprint density at radius 3 is 2.62 bits per heavy atom. The Labute approximate surface area is 162 Å². The standard InChI is InChI=1S/C20H29N5S/c1-4-25-15-19(17(3)22-25)13-21-20(26)24-10-8-23(9-11-24)14-18-7-5-6-16(2)12-18/h5-7,12,15H,4,8-11,13-14H2,1-3H3,(H,21,26). The molecule has 0 aliphatic carbocycles. The first-order valence-electron chi connectivity index (χ1n) is 9.38. The normalized spacial score (nSPS) is 15.3. The van der Waals surface area contributed by atoms with Gasteiger partial charge in [-0.1, -0.05) is 29.8 Å². The number of nitrogens with one attached hydrogen (secondary N) is 1. The zero-order valence-electron chi connectivity index (χ0n) is 16.0. The Morgan fingerprint density at radius 1 is 1.19 bits per heavy atom. The van der Waals surface area contributed by atoms with E-state index in [-0.39, 0.29) is 0 Å². The van der Waals surface area contributed by atoms with Gasteiger partial charge in [0, 0.05) is 57.6 Å². The maximum Gasteiger partial charge on any atom is 0.169 e. The van der Waals surface area contributed by atoms with Crippen molar-refractivity contribution in [3.05, 3.63) is 52.8 Å². The first-order chi connectivity index (χ1) is 12.5. The van der Waals surface area contributed by atoms with Gasteiger partial charge in [-0.25, -0.2) is 0 Å². The van der Waals surface area contributed by atoms with Crippen molar-refractivity contribution < 1.29 is 0 Å². The molecule has 1 N–H and O–H groups in total. The summed E-state index contributed by atoms with van der Waals surface area (Å²) in [6.07, 6.45) is 2.10. The minimum absolute atomic E-state index is 0.744. The molecule has 1 fully saturated rings. The van der Waals surface area contributed by atoms with E-state index in [0.717, 1.165) is 56.6 Å². The third-order valence-electron chi connectivity index (χ3n) is 4.95. The number of aromatic nitrogens is 2. The predicted octanol–water partition coefficient (Wildman–Crippen LogP) is 2.71. The van der Waals surface area contributed by atoms with Gasteiger partial charge in [-0.3, -0.25) is 9.58 Å². The summed E-state index contributed by atoms with van der Waals surface area (Å²) in [5.41, 5.74) is 5.01. The molecule has 0 radical (unpaired) electrons. The summed E-state index contributed by atoms with van der Waals surface area (Å²) in [5, 5.41) is 8.74. The second kappa shape index (κ2) is 8.64. The summed E-state index contributed by atoms with van der Waals surface area (Å²) >= 11 is 5.61. The molecule has 0 atom stereocenters. The van der Waals surface area contributed by atoms with Crippen molar-refractivity contribution in [2.45, 2.75) is 40.4 Å². The van der Waals surface area contributed by atoms with E-state index in [1.807, 2.05) is 4.68 Å². The summed E-state index contributed by atoms with van der Waals surface area (Å²) in [5.74, 6) is 0. The molecule has 0 saturated carbocycles. The van der Waals surface area contributed by atoms with Gasteiger partial charge >= 0.3 is 0 Å². The van der Waals surface area contributed by atoms with Crippen LogP contribution >= 0.6 is 12.2 Å². The van der Waals surface area contributed by atoms with Gasteiger partial charge in [0.1, 0.15) is 0 Å². The third kappa shape index (κ3) is 4.83. The van der Waals surface area contributed by atoms with Crippen LogP contribution in [-0.4, -0.2) is 50.9 Å². The second-order valence-electron chi connectivity index (χ2n) is 7.01. The van der Waals surface area contributed by atoms with Crippen molar-refractivity contribution in [2.75, 3.05) is 26.2 Å². The molecule has 0 bridgehead atoms. The molecule has 1 saturated heterocycles. The maximum absolute atomic E-state index is 5.61. The van der Waals surface area contributed by atoms with Gasteiger partial charge in [0.25, 0.3) is 0 Å². The smallest absolute Gasteiger partial charge is 0.169 e. The SMILES string of the molecule is CCn1cc(CNC(=S)N2CCN(Cc3cccc(C)c3)CC2)c(C)n1. The first kappa shape index (κ1) is 18.9. The minimum atomic E-state index is 0.744. The Kier molecular flexibility index (Phi) is 6.27. The molecule has 1 aliphatic rings. The second-order valence-corrected chi connectivity index (χ2v) is 7.39. The van der Waals surface area contributed by atoms with Crippen LogP contribution < -0.4 is 5.32 Å². The molecule has 0 spiro atoms. The highest BCUT2D eigenvalue weighted by Crippen LogP contribution is 2.11. The topological polar surface area (TPSA) is 36.3 Å². The molecule has 2 heterocycles. The molecule has 0 amide bonds. The van der Waals surface area contributed by atoms with E-state index in [4.69, 9.17) is 12.2 Å². The number of thiocarbonyl (C=S) groups is 1. The average molecular weight is 372 g/mol. The molecule has 2 aromatic rings. The fourth-order valence-corrected chi connectivity index (χ4v) is 3.61. The van der Waals surface area contributed by atoms with Gasteiger partial charge in [-0.15, -0.1) is 0 Å². The van der Waals surface area contributed by atoms with Crippen molar-refractivity contribution in [3.63, 3.8) is 0 Å². The fourth-order valence-electron chi connectivity index (χ4n) is 3.36. The first-order valence-corrected chi connectivity index (χ1v) is 9.79. The van der Waals surface area contributed by atoms with E-state index in [1.54, 1.807) is 0 Å². The summed E-state index contributed by atoms with van der Waals surface area (Å²) in [6, 6.07) is 8.78. The van der Waals surface area contributed by atoms with Crippen LogP contribution in [0.5, 0.6) is 0 Å². The van der Waals surface area contributed by atoms with Crippen LogP contribution in [0.3, 0.4) is 0 Å². The van der Waals surface area contributed by atoms with Crippen LogP contribution in [0.2, 0.25) is 0 Å². The van der Waals surface area contributed by atoms with Crippen LogP contribution in [0.15, 0.2) is 30.5 Å². The lowest BCUT2D eigenvalue weighted by molar-refractivity contribution is 0.174. The van der Waals surface area contributed by atoms with Gasteiger partial charge in [-0.2, -0.15) is 5.10 Å². The Hall–Kier alpha value is -1.92. The van der Waals surface area contributed by atoms with E-state index in [2.05, 4.69) is 71.4 Å². The summed E-state index contributed by atoms with van der Waals surface area (Å²) in [4.78, 5) is 4.78. The van der Waals surface area contributed by atoms with E-state index in [0.29, 0.717) is 0 Å². The number of hydrogen-bond acceptors (Lipinski definition) is 3. The molecule has 1 aromatic heterocycles. The molecule has 1 aromatic carbocycles. The predicted molar refractivity (Wildman–Crippen MR) is 110 cm³/mol. The number of nitrogens with zero attached hydrogens (tertiary/aromatic N) is 4. The van der Waals surface area contributed by atoms with Crippen molar-refractivity contribution in [2.24, 2.45) is 0 Å². The Morgan fingerprint density at radius 2 is 1.96 bits per heavy atom. The quantitative estimate of drug-likeness (QED) is 0.818. The van der Waals surface area contributed by atoms with Crippen LogP contribution in [0.1, 0.15) is 29.3 Å². The van der Waals surface area contributed by atoms with Crippen LogP contribution in [0.25, 0.3) is 0 Å². The monoisotopic (exact) mass is 371 g/mol. The van der Waals surface area contributed by atoms with E-state index in [1.165, 1.54) is 16.7 Å². The molecule has 3 rings (SSSR count). The summed E-state index contributed by atoms with van der Waals surface area (Å²) in [6.45, 7) is 13.0. The van der Waals surface area contributed by atoms with Crippen LogP contribution in [0.4, 0.5) is 0 Å². The van der Waals surface area contributed by atoms with Gasteiger partial charge in [-0.05, 0) is 38.6 Å². The Bertz CT molecular complexity index is 746. The highest BCUT2D eigenvalue weighted by molar-refractivity contribution is 7.80. The van der Waals surface area contributed by atoms with Gasteiger partial charge < -0.3 is 10.2 Å². The molecule has 140 valence electrons. The molecular weight excluding hydrogens is 342 g/mol. The van der Waals surface area contributed by atoms with Gasteiger partial charge in [0.2, 0.25) is 0 Å². The Balaban J connectivity index is 1.45. The number of rotatable bonds is 5. The van der Waals surface area contributed by atoms with Crippen molar-refractivity contribution in [1.82, 2.24) is 24.9 Å². The molecule has 26 heavy (non-hydrogen) atoms. The van der Waals surface area contributed by atoms with Crippen molar-refractivity contribution in [1.29, 1.82) is 0 Å². The number of benzene rings is 1. The van der Waals surface area contributed by atoms with E-state index in [9.17, 15) is 0 Å². The summed E-state index contributed by atoms with van der Waals surface area (Å²) < 4.78 is 1.97. The lowest BCUT2D eigenvalue weighted by Gasteiger charge is -2.36. The van der Waals surface area contributed by atoms with E-state index < -0.39 is 0 Å². The highest BCUT2D eigenvalue weighted by atomic mass is 32.1. The van der Waals surface area contributed by atoms with Gasteiger partial charge in [0.15, 0.2) is 5.11 Å². The molecule has 6 heteroatoms. The zero-order valence-corrected chi connectivity index (χ0v) is 16.9. The highest BCUT2D eigenvalue weighted by Gasteiger charge is 2.19. The maximum atomic E-state index is 5.61. The molecule has 5 nitrogen and oxygen atoms in total. The van der Waals surface area contributed by atoms with Crippen molar-refractivity contribution in [3.8, 4) is 0 Å². The number of aryl methyl sites for hydroxylation is 3. The molecular formula is C20H29N5S. The summed E-state index contributed by atoms with van der Waals surface area (Å²) in [7, 11) is 0. The number of hydrogen-bond donors (Lipinski definition) is 1. The van der Waals surface area contributed by atoms with E-state index >= 15 is 0 Å². The average Bonchev–Trinajstić information content (AvgIpc) is 3.00. The zero-order chi connectivity index (χ0) is 18.5. The number of piperazine rings is 1. The largest absolute Gasteiger partial charge is 0.358 e. The van der Waals surface area contributed by atoms with Crippen LogP contribution in [-0.2, 0) is 19.6 Å². The molecule has 0 unspecified atom stereocenters. The minimum Gasteiger partial charge on any atom is -0.358 e. The third-order valence-corrected chi connectivity index (χ3v) is 5.35. The van der Waals surface area contributed by atoms with Crippen molar-refractivity contribution >= 4 is 17.3 Å². The fraction of sp³-hybridized carbons (Fsp3) is 0.500. The lowest BCUT2D eigenvalue weighted by atomic mass is 10.1. The molecule has 1 aliphatic heterocycles.